The van der Waals surface area contributed by atoms with Gasteiger partial charge in [0.2, 0.25) is 11.8 Å². The lowest BCUT2D eigenvalue weighted by Gasteiger charge is -2.27. The first-order valence-electron chi connectivity index (χ1n) is 10.6. The molecule has 3 rings (SSSR count). The number of hydrogen-bond acceptors (Lipinski definition) is 8. The average molecular weight is 464 g/mol. The molecule has 1 aromatic carbocycles. The van der Waals surface area contributed by atoms with E-state index in [4.69, 9.17) is 9.47 Å². The van der Waals surface area contributed by atoms with Crippen molar-refractivity contribution in [3.05, 3.63) is 35.4 Å². The van der Waals surface area contributed by atoms with Gasteiger partial charge in [-0.05, 0) is 24.5 Å². The van der Waals surface area contributed by atoms with Crippen LogP contribution in [0.3, 0.4) is 0 Å². The van der Waals surface area contributed by atoms with Gasteiger partial charge in [0.1, 0.15) is 18.7 Å². The van der Waals surface area contributed by atoms with Gasteiger partial charge in [0.15, 0.2) is 0 Å². The molecule has 2 aliphatic rings. The molecule has 0 saturated carbocycles. The van der Waals surface area contributed by atoms with Gasteiger partial charge in [-0.15, -0.1) is 0 Å². The summed E-state index contributed by atoms with van der Waals surface area (Å²) in [7, 11) is 1.33. The number of benzene rings is 1. The number of methoxy groups -OCH3 is 1. The van der Waals surface area contributed by atoms with E-state index in [-0.39, 0.29) is 25.0 Å². The van der Waals surface area contributed by atoms with Gasteiger partial charge in [-0.3, -0.25) is 14.4 Å². The summed E-state index contributed by atoms with van der Waals surface area (Å²) in [6.45, 7) is 2.12. The van der Waals surface area contributed by atoms with Gasteiger partial charge in [-0.2, -0.15) is 11.8 Å². The number of likely N-dealkylation sites (tertiary alicyclic amines) is 1. The van der Waals surface area contributed by atoms with Crippen LogP contribution in [0.5, 0.6) is 0 Å². The quantitative estimate of drug-likeness (QED) is 0.631. The van der Waals surface area contributed by atoms with Gasteiger partial charge in [0.25, 0.3) is 0 Å². The third kappa shape index (κ3) is 6.01. The van der Waals surface area contributed by atoms with Gasteiger partial charge < -0.3 is 25.0 Å². The second kappa shape index (κ2) is 11.3. The number of amides is 2. The van der Waals surface area contributed by atoms with E-state index in [1.54, 1.807) is 17.0 Å². The van der Waals surface area contributed by atoms with Gasteiger partial charge >= 0.3 is 11.9 Å². The number of cyclic esters (lactones) is 1. The Morgan fingerprint density at radius 2 is 2.06 bits per heavy atom. The third-order valence-electron chi connectivity index (χ3n) is 5.60. The minimum absolute atomic E-state index is 0.0697. The largest absolute Gasteiger partial charge is 0.468 e. The maximum absolute atomic E-state index is 12.9. The van der Waals surface area contributed by atoms with E-state index in [1.807, 2.05) is 12.1 Å². The van der Waals surface area contributed by atoms with Crippen molar-refractivity contribution in [3.8, 4) is 0 Å². The molecule has 1 aromatic rings. The highest BCUT2D eigenvalue weighted by molar-refractivity contribution is 7.98. The average Bonchev–Trinajstić information content (AvgIpc) is 3.28. The van der Waals surface area contributed by atoms with E-state index >= 15 is 0 Å². The summed E-state index contributed by atoms with van der Waals surface area (Å²) in [4.78, 5) is 51.2. The second-order valence-corrected chi connectivity index (χ2v) is 8.86. The standard InChI is InChI=1S/C22H29N3O6S/c1-14(26)25-9-5-8-19(25)20(27)24-16-10-23-18(22(29)30-2)13-32-12-15-6-3-4-7-17(15)21(28)31-11-16/h3-4,6-7,16,18-19,23H,5,8-13H2,1-2H3,(H,24,27)/t16-,18-,19-/m0/s1. The monoisotopic (exact) mass is 463 g/mol. The zero-order chi connectivity index (χ0) is 23.1. The SMILES string of the molecule is COC(=O)[C@@H]1CSCc2ccccc2C(=O)OC[C@@H](NC(=O)[C@@H]2CCCN2C(C)=O)CN1. The molecule has 0 bridgehead atoms. The number of rotatable bonds is 3. The van der Waals surface area contributed by atoms with E-state index in [1.165, 1.54) is 25.8 Å². The summed E-state index contributed by atoms with van der Waals surface area (Å²) in [5.41, 5.74) is 1.28. The summed E-state index contributed by atoms with van der Waals surface area (Å²) in [6, 6.07) is 5.47. The van der Waals surface area contributed by atoms with Gasteiger partial charge in [-0.1, -0.05) is 18.2 Å². The predicted molar refractivity (Wildman–Crippen MR) is 119 cm³/mol. The van der Waals surface area contributed by atoms with Crippen molar-refractivity contribution in [2.75, 3.05) is 32.6 Å². The molecule has 0 spiro atoms. The second-order valence-electron chi connectivity index (χ2n) is 7.83. The molecule has 2 N–H and O–H groups in total. The van der Waals surface area contributed by atoms with Crippen LogP contribution in [0, 0.1) is 0 Å². The Balaban J connectivity index is 1.76. The molecule has 2 amide bonds. The first kappa shape index (κ1) is 24.1. The van der Waals surface area contributed by atoms with Gasteiger partial charge in [0, 0.05) is 31.5 Å². The number of fused-ring (bicyclic) bond motifs is 1. The highest BCUT2D eigenvalue weighted by Gasteiger charge is 2.34. The minimum Gasteiger partial charge on any atom is -0.468 e. The molecule has 3 atom stereocenters. The maximum atomic E-state index is 12.9. The van der Waals surface area contributed by atoms with Crippen molar-refractivity contribution < 1.29 is 28.7 Å². The normalized spacial score (nSPS) is 24.4. The van der Waals surface area contributed by atoms with Crippen molar-refractivity contribution in [1.29, 1.82) is 0 Å². The molecule has 10 heteroatoms. The number of nitrogens with one attached hydrogen (secondary N) is 2. The Hall–Kier alpha value is -2.59. The molecular weight excluding hydrogens is 434 g/mol. The van der Waals surface area contributed by atoms with Gasteiger partial charge in [-0.25, -0.2) is 4.79 Å². The minimum atomic E-state index is -0.579. The zero-order valence-corrected chi connectivity index (χ0v) is 19.1. The van der Waals surface area contributed by atoms with Crippen LogP contribution in [0.1, 0.15) is 35.7 Å². The van der Waals surface area contributed by atoms with Crippen molar-refractivity contribution in [1.82, 2.24) is 15.5 Å². The molecule has 9 nitrogen and oxygen atoms in total. The highest BCUT2D eigenvalue weighted by Crippen LogP contribution is 2.20. The lowest BCUT2D eigenvalue weighted by atomic mass is 10.1. The van der Waals surface area contributed by atoms with E-state index in [2.05, 4.69) is 10.6 Å². The predicted octanol–water partition coefficient (Wildman–Crippen LogP) is 0.717. The number of hydrogen-bond donors (Lipinski definition) is 2. The molecule has 1 saturated heterocycles. The Kier molecular flexibility index (Phi) is 8.52. The number of esters is 2. The molecule has 0 aliphatic carbocycles. The van der Waals surface area contributed by atoms with Crippen LogP contribution in [-0.2, 0) is 29.6 Å². The fourth-order valence-electron chi connectivity index (χ4n) is 3.89. The van der Waals surface area contributed by atoms with E-state index in [0.717, 1.165) is 12.0 Å². The first-order chi connectivity index (χ1) is 15.4. The third-order valence-corrected chi connectivity index (χ3v) is 6.68. The Morgan fingerprint density at radius 3 is 2.81 bits per heavy atom. The summed E-state index contributed by atoms with van der Waals surface area (Å²) in [5, 5.41) is 6.01. The van der Waals surface area contributed by atoms with E-state index < -0.39 is 30.1 Å². The van der Waals surface area contributed by atoms with Crippen molar-refractivity contribution in [2.24, 2.45) is 0 Å². The molecule has 0 aromatic heterocycles. The van der Waals surface area contributed by atoms with E-state index in [9.17, 15) is 19.2 Å². The van der Waals surface area contributed by atoms with Crippen molar-refractivity contribution in [3.63, 3.8) is 0 Å². The molecule has 0 radical (unpaired) electrons. The fourth-order valence-corrected chi connectivity index (χ4v) is 4.97. The smallest absolute Gasteiger partial charge is 0.338 e. The van der Waals surface area contributed by atoms with E-state index in [0.29, 0.717) is 30.0 Å². The van der Waals surface area contributed by atoms with Crippen LogP contribution < -0.4 is 10.6 Å². The van der Waals surface area contributed by atoms with Crippen LogP contribution in [0.2, 0.25) is 0 Å². The van der Waals surface area contributed by atoms with Crippen LogP contribution in [0.15, 0.2) is 24.3 Å². The number of carbonyl (C=O) groups is 4. The van der Waals surface area contributed by atoms with Crippen molar-refractivity contribution >= 4 is 35.5 Å². The number of nitrogens with zero attached hydrogens (tertiary/aromatic N) is 1. The number of ether oxygens (including phenoxy) is 2. The fraction of sp³-hybridized carbons (Fsp3) is 0.545. The number of carbonyl (C=O) groups excluding carboxylic acids is 4. The van der Waals surface area contributed by atoms with Crippen LogP contribution in [-0.4, -0.2) is 79.3 Å². The first-order valence-corrected chi connectivity index (χ1v) is 11.8. The van der Waals surface area contributed by atoms with Crippen LogP contribution in [0.4, 0.5) is 0 Å². The summed E-state index contributed by atoms with van der Waals surface area (Å²) >= 11 is 1.50. The maximum Gasteiger partial charge on any atom is 0.338 e. The summed E-state index contributed by atoms with van der Waals surface area (Å²) < 4.78 is 10.4. The topological polar surface area (TPSA) is 114 Å². The molecule has 2 aliphatic heterocycles. The Morgan fingerprint density at radius 1 is 1.28 bits per heavy atom. The van der Waals surface area contributed by atoms with Crippen molar-refractivity contribution in [2.45, 2.75) is 43.6 Å². The van der Waals surface area contributed by atoms with Crippen LogP contribution in [0.25, 0.3) is 0 Å². The molecule has 2 heterocycles. The molecule has 32 heavy (non-hydrogen) atoms. The molecule has 174 valence electrons. The number of thioether (sulfide) groups is 1. The lowest BCUT2D eigenvalue weighted by molar-refractivity contribution is -0.142. The summed E-state index contributed by atoms with van der Waals surface area (Å²) in [5.74, 6) is -0.316. The molecule has 1 fully saturated rings. The zero-order valence-electron chi connectivity index (χ0n) is 18.3. The molecule has 0 unspecified atom stereocenters. The lowest BCUT2D eigenvalue weighted by Crippen LogP contribution is -2.54. The summed E-state index contributed by atoms with van der Waals surface area (Å²) in [6.07, 6.45) is 1.34. The molecular formula is C22H29N3O6S. The Labute approximate surface area is 191 Å². The Bertz CT molecular complexity index is 864. The highest BCUT2D eigenvalue weighted by atomic mass is 32.2. The van der Waals surface area contributed by atoms with Gasteiger partial charge in [0.05, 0.1) is 18.7 Å². The van der Waals surface area contributed by atoms with Crippen LogP contribution >= 0.6 is 11.8 Å².